The molecule has 0 aromatic carbocycles. The first-order valence-electron chi connectivity index (χ1n) is 23.7. The van der Waals surface area contributed by atoms with E-state index >= 15 is 0 Å². The van der Waals surface area contributed by atoms with Crippen LogP contribution in [0.15, 0.2) is 48.6 Å². The predicted molar refractivity (Wildman–Crippen MR) is 238 cm³/mol. The highest BCUT2D eigenvalue weighted by molar-refractivity contribution is 5.69. The van der Waals surface area contributed by atoms with Crippen LogP contribution in [0.2, 0.25) is 0 Å². The Balaban J connectivity index is 1.63. The number of carbonyl (C=O) groups is 1. The highest BCUT2D eigenvalue weighted by atomic mass is 16.7. The quantitative estimate of drug-likeness (QED) is 0.0218. The van der Waals surface area contributed by atoms with Gasteiger partial charge in [0.15, 0.2) is 12.6 Å². The van der Waals surface area contributed by atoms with Crippen LogP contribution in [0.4, 0.5) is 0 Å². The van der Waals surface area contributed by atoms with Gasteiger partial charge in [-0.3, -0.25) is 4.79 Å². The summed E-state index contributed by atoms with van der Waals surface area (Å²) in [4.78, 5) is 12.7. The van der Waals surface area contributed by atoms with Gasteiger partial charge in [0.25, 0.3) is 0 Å². The first-order valence-corrected chi connectivity index (χ1v) is 23.7. The lowest BCUT2D eigenvalue weighted by atomic mass is 9.98. The third kappa shape index (κ3) is 24.3. The number of hydrogen-bond acceptors (Lipinski definition) is 14. The van der Waals surface area contributed by atoms with Crippen molar-refractivity contribution in [2.24, 2.45) is 0 Å². The second-order valence-corrected chi connectivity index (χ2v) is 16.6. The summed E-state index contributed by atoms with van der Waals surface area (Å²) in [5, 5.41) is 71.6. The predicted octanol–water partition coefficient (Wildman–Crippen LogP) is 6.01. The minimum absolute atomic E-state index is 0.0573. The van der Waals surface area contributed by atoms with Gasteiger partial charge < -0.3 is 64.2 Å². The molecule has 2 saturated heterocycles. The monoisotopic (exact) mass is 885 g/mol. The minimum Gasteiger partial charge on any atom is -0.457 e. The zero-order chi connectivity index (χ0) is 45.2. The molecule has 2 rings (SSSR count). The van der Waals surface area contributed by atoms with Crippen LogP contribution in [0.3, 0.4) is 0 Å². The Morgan fingerprint density at radius 2 is 1.05 bits per heavy atom. The zero-order valence-electron chi connectivity index (χ0n) is 37.8. The SMILES string of the molecule is CC/C=C\C/C=C\C/C=C\C/C=C\CCCCCCCCCCCCCOCC(COC1OC(COC2OC(CO)C(O)C(O)C2O)C(O)C(O)C1O)OC(=O)CCCCCC. The number of unbranched alkanes of at least 4 members (excludes halogenated alkanes) is 14. The Hall–Kier alpha value is -2.05. The summed E-state index contributed by atoms with van der Waals surface area (Å²) in [5.74, 6) is -0.397. The van der Waals surface area contributed by atoms with Crippen LogP contribution in [-0.4, -0.2) is 142 Å². The Labute approximate surface area is 372 Å². The lowest BCUT2D eigenvalue weighted by Crippen LogP contribution is -2.61. The fourth-order valence-corrected chi connectivity index (χ4v) is 7.22. The molecule has 62 heavy (non-hydrogen) atoms. The van der Waals surface area contributed by atoms with Gasteiger partial charge in [0, 0.05) is 13.0 Å². The molecule has 0 spiro atoms. The van der Waals surface area contributed by atoms with Gasteiger partial charge in [0.05, 0.1) is 26.4 Å². The molecule has 14 heteroatoms. The average Bonchev–Trinajstić information content (AvgIpc) is 3.27. The lowest BCUT2D eigenvalue weighted by Gasteiger charge is -2.42. The summed E-state index contributed by atoms with van der Waals surface area (Å²) in [6.45, 7) is 3.42. The second kappa shape index (κ2) is 36.2. The fourth-order valence-electron chi connectivity index (χ4n) is 7.22. The highest BCUT2D eigenvalue weighted by Crippen LogP contribution is 2.26. The molecule has 11 unspecified atom stereocenters. The van der Waals surface area contributed by atoms with E-state index in [1.165, 1.54) is 51.4 Å². The number of rotatable bonds is 36. The van der Waals surface area contributed by atoms with Gasteiger partial charge >= 0.3 is 5.97 Å². The molecule has 0 radical (unpaired) electrons. The van der Waals surface area contributed by atoms with E-state index in [4.69, 9.17) is 28.4 Å². The van der Waals surface area contributed by atoms with E-state index in [1.807, 2.05) is 0 Å². The molecule has 0 aromatic rings. The normalized spacial score (nSPS) is 27.6. The van der Waals surface area contributed by atoms with Gasteiger partial charge in [-0.1, -0.05) is 140 Å². The van der Waals surface area contributed by atoms with Crippen LogP contribution in [0.5, 0.6) is 0 Å². The standard InChI is InChI=1S/C48H84O14/c1-3-5-7-9-10-11-12-13-14-15-16-17-18-19-20-21-22-23-24-25-26-27-28-30-32-57-34-37(60-40(50)31-29-8-6-4-2)35-58-47-46(56)44(54)42(52)39(62-47)36-59-48-45(55)43(53)41(51)38(33-49)61-48/h5,7,10-11,13-14,16-17,37-39,41-49,51-56H,3-4,6,8-9,12,15,18-36H2,1-2H3/b7-5-,11-10-,14-13-,17-16-. The molecule has 11 atom stereocenters. The van der Waals surface area contributed by atoms with E-state index in [2.05, 4.69) is 62.5 Å². The minimum atomic E-state index is -1.70. The lowest BCUT2D eigenvalue weighted by molar-refractivity contribution is -0.332. The molecule has 0 aliphatic carbocycles. The molecule has 360 valence electrons. The molecule has 7 N–H and O–H groups in total. The number of aliphatic hydroxyl groups is 7. The number of aliphatic hydroxyl groups excluding tert-OH is 7. The molecule has 2 fully saturated rings. The third-order valence-corrected chi connectivity index (χ3v) is 11.1. The van der Waals surface area contributed by atoms with Crippen molar-refractivity contribution in [1.29, 1.82) is 0 Å². The van der Waals surface area contributed by atoms with Gasteiger partial charge in [0.2, 0.25) is 0 Å². The summed E-state index contributed by atoms with van der Waals surface area (Å²) in [7, 11) is 0. The molecule has 2 heterocycles. The molecule has 2 aliphatic rings. The van der Waals surface area contributed by atoms with Crippen molar-refractivity contribution in [2.75, 3.05) is 33.0 Å². The zero-order valence-corrected chi connectivity index (χ0v) is 37.8. The molecule has 0 bridgehead atoms. The third-order valence-electron chi connectivity index (χ3n) is 11.1. The van der Waals surface area contributed by atoms with Crippen molar-refractivity contribution in [3.63, 3.8) is 0 Å². The maximum atomic E-state index is 12.7. The molecule has 0 saturated carbocycles. The van der Waals surface area contributed by atoms with Crippen molar-refractivity contribution in [3.05, 3.63) is 48.6 Å². The van der Waals surface area contributed by atoms with Gasteiger partial charge in [-0.2, -0.15) is 0 Å². The summed E-state index contributed by atoms with van der Waals surface area (Å²) in [5.41, 5.74) is 0. The Bertz CT molecular complexity index is 1210. The second-order valence-electron chi connectivity index (χ2n) is 16.6. The van der Waals surface area contributed by atoms with Gasteiger partial charge in [-0.15, -0.1) is 0 Å². The van der Waals surface area contributed by atoms with Crippen LogP contribution >= 0.6 is 0 Å². The van der Waals surface area contributed by atoms with Gasteiger partial charge in [0.1, 0.15) is 54.9 Å². The van der Waals surface area contributed by atoms with Crippen LogP contribution < -0.4 is 0 Å². The summed E-state index contributed by atoms with van der Waals surface area (Å²) in [6, 6.07) is 0. The van der Waals surface area contributed by atoms with E-state index in [1.54, 1.807) is 0 Å². The van der Waals surface area contributed by atoms with Crippen molar-refractivity contribution in [3.8, 4) is 0 Å². The largest absolute Gasteiger partial charge is 0.457 e. The topological polar surface area (TPSA) is 214 Å². The van der Waals surface area contributed by atoms with E-state index in [-0.39, 0.29) is 19.6 Å². The maximum absolute atomic E-state index is 12.7. The van der Waals surface area contributed by atoms with Crippen LogP contribution in [0.25, 0.3) is 0 Å². The van der Waals surface area contributed by atoms with Gasteiger partial charge in [-0.05, 0) is 51.4 Å². The average molecular weight is 885 g/mol. The molecule has 0 aromatic heterocycles. The number of carbonyl (C=O) groups excluding carboxylic acids is 1. The number of hydrogen-bond donors (Lipinski definition) is 7. The summed E-state index contributed by atoms with van der Waals surface area (Å²) in [6.07, 6.45) is 24.1. The van der Waals surface area contributed by atoms with Crippen molar-refractivity contribution >= 4 is 5.97 Å². The number of ether oxygens (including phenoxy) is 6. The Morgan fingerprint density at radius 3 is 1.63 bits per heavy atom. The van der Waals surface area contributed by atoms with Crippen molar-refractivity contribution < 1.29 is 69.0 Å². The first kappa shape index (κ1) is 56.1. The van der Waals surface area contributed by atoms with Crippen LogP contribution in [0, 0.1) is 0 Å². The van der Waals surface area contributed by atoms with E-state index < -0.39 is 86.7 Å². The first-order chi connectivity index (χ1) is 30.1. The van der Waals surface area contributed by atoms with Gasteiger partial charge in [-0.25, -0.2) is 0 Å². The van der Waals surface area contributed by atoms with E-state index in [0.29, 0.717) is 13.0 Å². The van der Waals surface area contributed by atoms with Crippen molar-refractivity contribution in [1.82, 2.24) is 0 Å². The molecule has 14 nitrogen and oxygen atoms in total. The molecule has 2 aliphatic heterocycles. The van der Waals surface area contributed by atoms with E-state index in [9.17, 15) is 40.5 Å². The molecular formula is C48H84O14. The summed E-state index contributed by atoms with van der Waals surface area (Å²) < 4.78 is 33.9. The molecular weight excluding hydrogens is 801 g/mol. The fraction of sp³-hybridized carbons (Fsp3) is 0.812. The van der Waals surface area contributed by atoms with Crippen LogP contribution in [-0.2, 0) is 33.2 Å². The Morgan fingerprint density at radius 1 is 0.548 bits per heavy atom. The summed E-state index contributed by atoms with van der Waals surface area (Å²) >= 11 is 0. The van der Waals surface area contributed by atoms with E-state index in [0.717, 1.165) is 70.6 Å². The number of esters is 1. The highest BCUT2D eigenvalue weighted by Gasteiger charge is 2.47. The number of allylic oxidation sites excluding steroid dienone is 8. The smallest absolute Gasteiger partial charge is 0.306 e. The van der Waals surface area contributed by atoms with Crippen LogP contribution in [0.1, 0.15) is 149 Å². The maximum Gasteiger partial charge on any atom is 0.306 e. The molecule has 0 amide bonds. The Kier molecular flexibility index (Phi) is 32.7. The van der Waals surface area contributed by atoms with Crippen molar-refractivity contribution in [2.45, 2.75) is 216 Å².